The summed E-state index contributed by atoms with van der Waals surface area (Å²) in [5.41, 5.74) is 0.405. The molecule has 0 atom stereocenters. The summed E-state index contributed by atoms with van der Waals surface area (Å²) in [6, 6.07) is 5.23. The van der Waals surface area contributed by atoms with E-state index < -0.39 is 0 Å². The zero-order chi connectivity index (χ0) is 20.1. The molecule has 0 saturated carbocycles. The molecule has 3 rings (SSSR count). The summed E-state index contributed by atoms with van der Waals surface area (Å²) < 4.78 is 6.88. The molecule has 1 saturated heterocycles. The highest BCUT2D eigenvalue weighted by Crippen LogP contribution is 2.33. The Morgan fingerprint density at radius 3 is 2.96 bits per heavy atom. The van der Waals surface area contributed by atoms with E-state index in [9.17, 15) is 9.59 Å². The molecule has 148 valence electrons. The van der Waals surface area contributed by atoms with Gasteiger partial charge in [0.1, 0.15) is 15.8 Å². The average Bonchev–Trinajstić information content (AvgIpc) is 2.96. The summed E-state index contributed by atoms with van der Waals surface area (Å²) in [4.78, 5) is 32.0. The molecule has 0 spiro atoms. The number of nitrogens with one attached hydrogen (secondary N) is 1. The molecule has 10 heteroatoms. The van der Waals surface area contributed by atoms with Crippen LogP contribution >= 0.6 is 24.0 Å². The molecule has 0 radical (unpaired) electrons. The third kappa shape index (κ3) is 4.25. The van der Waals surface area contributed by atoms with Crippen molar-refractivity contribution in [2.75, 3.05) is 38.7 Å². The molecule has 0 bridgehead atoms. The number of rotatable bonds is 8. The van der Waals surface area contributed by atoms with Gasteiger partial charge in [0, 0.05) is 33.0 Å². The molecule has 3 heterocycles. The number of aromatic nitrogens is 2. The zero-order valence-corrected chi connectivity index (χ0v) is 16.9. The van der Waals surface area contributed by atoms with Gasteiger partial charge in [0.2, 0.25) is 0 Å². The summed E-state index contributed by atoms with van der Waals surface area (Å²) in [6.45, 7) is 1.10. The summed E-state index contributed by atoms with van der Waals surface area (Å²) in [5, 5.41) is 12.1. The zero-order valence-electron chi connectivity index (χ0n) is 15.3. The first-order valence-electron chi connectivity index (χ1n) is 8.67. The molecule has 0 unspecified atom stereocenters. The van der Waals surface area contributed by atoms with Gasteiger partial charge in [-0.1, -0.05) is 30.0 Å². The first kappa shape index (κ1) is 20.5. The highest BCUT2D eigenvalue weighted by Gasteiger charge is 2.32. The van der Waals surface area contributed by atoms with Crippen LogP contribution in [0.3, 0.4) is 0 Å². The number of anilines is 1. The van der Waals surface area contributed by atoms with Gasteiger partial charge in [-0.15, -0.1) is 0 Å². The Morgan fingerprint density at radius 2 is 2.21 bits per heavy atom. The van der Waals surface area contributed by atoms with Crippen molar-refractivity contribution >= 4 is 51.7 Å². The number of aliphatic hydroxyl groups excluding tert-OH is 1. The number of fused-ring (bicyclic) bond motifs is 1. The minimum atomic E-state index is -0.310. The van der Waals surface area contributed by atoms with Gasteiger partial charge in [0.15, 0.2) is 0 Å². The van der Waals surface area contributed by atoms with Gasteiger partial charge in [-0.05, 0) is 24.6 Å². The monoisotopic (exact) mass is 420 g/mol. The maximum absolute atomic E-state index is 13.0. The second kappa shape index (κ2) is 9.28. The molecule has 1 aliphatic rings. The van der Waals surface area contributed by atoms with Crippen molar-refractivity contribution in [3.8, 4) is 0 Å². The number of thiocarbonyl (C=S) groups is 1. The molecular formula is C18H20N4O4S2. The SMILES string of the molecule is COCCCN1C(=O)C(=Cc2c(NCCO)nc3ccccn3c2=O)SC1=S. The Bertz CT molecular complexity index is 989. The van der Waals surface area contributed by atoms with Crippen LogP contribution in [0.25, 0.3) is 11.7 Å². The molecule has 1 aliphatic heterocycles. The van der Waals surface area contributed by atoms with Crippen LogP contribution < -0.4 is 10.9 Å². The van der Waals surface area contributed by atoms with Crippen LogP contribution in [0.4, 0.5) is 5.82 Å². The van der Waals surface area contributed by atoms with E-state index >= 15 is 0 Å². The van der Waals surface area contributed by atoms with E-state index in [-0.39, 0.29) is 30.2 Å². The minimum Gasteiger partial charge on any atom is -0.395 e. The predicted molar refractivity (Wildman–Crippen MR) is 113 cm³/mol. The normalized spacial score (nSPS) is 15.8. The quantitative estimate of drug-likeness (QED) is 0.375. The van der Waals surface area contributed by atoms with Crippen LogP contribution in [-0.2, 0) is 9.53 Å². The average molecular weight is 421 g/mol. The Morgan fingerprint density at radius 1 is 1.39 bits per heavy atom. The Balaban J connectivity index is 2.00. The number of nitrogens with zero attached hydrogens (tertiary/aromatic N) is 3. The predicted octanol–water partition coefficient (Wildman–Crippen LogP) is 1.34. The summed E-state index contributed by atoms with van der Waals surface area (Å²) in [6.07, 6.45) is 3.80. The highest BCUT2D eigenvalue weighted by atomic mass is 32.2. The molecule has 2 aromatic heterocycles. The molecule has 28 heavy (non-hydrogen) atoms. The maximum Gasteiger partial charge on any atom is 0.267 e. The van der Waals surface area contributed by atoms with Crippen molar-refractivity contribution in [1.82, 2.24) is 14.3 Å². The third-order valence-electron chi connectivity index (χ3n) is 4.05. The molecule has 8 nitrogen and oxygen atoms in total. The standard InChI is InChI=1S/C18H20N4O4S2/c1-26-10-4-8-22-17(25)13(28-18(22)27)11-12-15(19-6-9-23)20-14-5-2-3-7-21(14)16(12)24/h2-3,5,7,11,19,23H,4,6,8-10H2,1H3. The van der Waals surface area contributed by atoms with E-state index in [0.29, 0.717) is 40.3 Å². The van der Waals surface area contributed by atoms with Gasteiger partial charge in [0.25, 0.3) is 11.5 Å². The number of ether oxygens (including phenoxy) is 1. The first-order valence-corrected chi connectivity index (χ1v) is 9.89. The van der Waals surface area contributed by atoms with E-state index in [2.05, 4.69) is 10.3 Å². The van der Waals surface area contributed by atoms with Crippen molar-refractivity contribution < 1.29 is 14.6 Å². The van der Waals surface area contributed by atoms with Crippen LogP contribution in [0.5, 0.6) is 0 Å². The van der Waals surface area contributed by atoms with Gasteiger partial charge in [-0.2, -0.15) is 0 Å². The molecular weight excluding hydrogens is 400 g/mol. The molecule has 1 fully saturated rings. The smallest absolute Gasteiger partial charge is 0.267 e. The van der Waals surface area contributed by atoms with Crippen LogP contribution in [-0.4, -0.2) is 63.0 Å². The fourth-order valence-electron chi connectivity index (χ4n) is 2.73. The summed E-state index contributed by atoms with van der Waals surface area (Å²) in [5.74, 6) is 0.0756. The van der Waals surface area contributed by atoms with E-state index in [0.717, 1.165) is 11.8 Å². The van der Waals surface area contributed by atoms with Gasteiger partial charge in [0.05, 0.1) is 17.1 Å². The van der Waals surface area contributed by atoms with Crippen molar-refractivity contribution in [3.63, 3.8) is 0 Å². The van der Waals surface area contributed by atoms with Crippen LogP contribution in [0.1, 0.15) is 12.0 Å². The van der Waals surface area contributed by atoms with Gasteiger partial charge in [-0.25, -0.2) is 4.98 Å². The second-order valence-corrected chi connectivity index (χ2v) is 7.61. The lowest BCUT2D eigenvalue weighted by molar-refractivity contribution is -0.122. The number of hydrogen-bond donors (Lipinski definition) is 2. The van der Waals surface area contributed by atoms with Crippen molar-refractivity contribution in [2.45, 2.75) is 6.42 Å². The number of amides is 1. The van der Waals surface area contributed by atoms with Crippen molar-refractivity contribution in [2.24, 2.45) is 0 Å². The molecule has 1 amide bonds. The number of hydrogen-bond acceptors (Lipinski definition) is 8. The van der Waals surface area contributed by atoms with Gasteiger partial charge in [-0.3, -0.25) is 18.9 Å². The number of methoxy groups -OCH3 is 1. The van der Waals surface area contributed by atoms with Crippen LogP contribution in [0.15, 0.2) is 34.1 Å². The Labute approximate surface area is 171 Å². The molecule has 2 aromatic rings. The highest BCUT2D eigenvalue weighted by molar-refractivity contribution is 8.26. The van der Waals surface area contributed by atoms with Crippen molar-refractivity contribution in [1.29, 1.82) is 0 Å². The Hall–Kier alpha value is -2.27. The molecule has 2 N–H and O–H groups in total. The number of carbonyl (C=O) groups excluding carboxylic acids is 1. The number of carbonyl (C=O) groups is 1. The fourth-order valence-corrected chi connectivity index (χ4v) is 4.02. The van der Waals surface area contributed by atoms with E-state index in [1.54, 1.807) is 31.5 Å². The summed E-state index contributed by atoms with van der Waals surface area (Å²) in [7, 11) is 1.60. The first-order chi connectivity index (χ1) is 13.6. The van der Waals surface area contributed by atoms with Crippen molar-refractivity contribution in [3.05, 3.63) is 45.2 Å². The number of aliphatic hydroxyl groups is 1. The maximum atomic E-state index is 13.0. The Kier molecular flexibility index (Phi) is 6.79. The fraction of sp³-hybridized carbons (Fsp3) is 0.333. The van der Waals surface area contributed by atoms with Gasteiger partial charge < -0.3 is 15.2 Å². The van der Waals surface area contributed by atoms with Gasteiger partial charge >= 0.3 is 0 Å². The lowest BCUT2D eigenvalue weighted by Gasteiger charge is -2.13. The topological polar surface area (TPSA) is 96.2 Å². The lowest BCUT2D eigenvalue weighted by atomic mass is 10.2. The van der Waals surface area contributed by atoms with Crippen LogP contribution in [0, 0.1) is 0 Å². The largest absolute Gasteiger partial charge is 0.395 e. The third-order valence-corrected chi connectivity index (χ3v) is 5.43. The lowest BCUT2D eigenvalue weighted by Crippen LogP contribution is -2.29. The van der Waals surface area contributed by atoms with E-state index in [1.165, 1.54) is 15.4 Å². The summed E-state index contributed by atoms with van der Waals surface area (Å²) >= 11 is 6.47. The number of pyridine rings is 1. The number of thioether (sulfide) groups is 1. The molecule has 0 aliphatic carbocycles. The van der Waals surface area contributed by atoms with Crippen LogP contribution in [0.2, 0.25) is 0 Å². The molecule has 0 aromatic carbocycles. The second-order valence-electron chi connectivity index (χ2n) is 5.94. The van der Waals surface area contributed by atoms with E-state index in [1.807, 2.05) is 0 Å². The minimum absolute atomic E-state index is 0.114. The van der Waals surface area contributed by atoms with E-state index in [4.69, 9.17) is 22.1 Å².